The van der Waals surface area contributed by atoms with Gasteiger partial charge in [0.1, 0.15) is 0 Å². The Bertz CT molecular complexity index is 618. The lowest BCUT2D eigenvalue weighted by Crippen LogP contribution is -2.51. The molecule has 2 heterocycles. The molecule has 1 aromatic rings. The number of piperidine rings is 2. The van der Waals surface area contributed by atoms with Crippen LogP contribution in [0.4, 0.5) is 0 Å². The van der Waals surface area contributed by atoms with E-state index in [2.05, 4.69) is 4.90 Å². The fourth-order valence-corrected chi connectivity index (χ4v) is 4.12. The summed E-state index contributed by atoms with van der Waals surface area (Å²) in [6.45, 7) is 5.89. The Labute approximate surface area is 149 Å². The topological polar surface area (TPSA) is 60.9 Å². The monoisotopic (exact) mass is 344 g/mol. The molecule has 2 saturated heterocycles. The van der Waals surface area contributed by atoms with Crippen molar-refractivity contribution in [2.24, 2.45) is 5.41 Å². The van der Waals surface area contributed by atoms with Crippen LogP contribution in [0, 0.1) is 5.41 Å². The number of hydrogen-bond donors (Lipinski definition) is 1. The molecule has 0 saturated carbocycles. The van der Waals surface area contributed by atoms with E-state index in [1.54, 1.807) is 6.92 Å². The van der Waals surface area contributed by atoms with Crippen LogP contribution in [-0.2, 0) is 11.3 Å². The SMILES string of the molecule is CC(=O)c1ccc(CN2CCC3(CCC(=O)N(CCO)C3)CC2)cc1. The third-order valence-corrected chi connectivity index (χ3v) is 5.80. The molecule has 5 heteroatoms. The van der Waals surface area contributed by atoms with Crippen molar-refractivity contribution in [2.45, 2.75) is 39.2 Å². The Balaban J connectivity index is 1.54. The minimum Gasteiger partial charge on any atom is -0.395 e. The Morgan fingerprint density at radius 1 is 1.16 bits per heavy atom. The van der Waals surface area contributed by atoms with Gasteiger partial charge in [-0.05, 0) is 50.3 Å². The first-order valence-electron chi connectivity index (χ1n) is 9.22. The second-order valence-electron chi connectivity index (χ2n) is 7.57. The summed E-state index contributed by atoms with van der Waals surface area (Å²) in [5.74, 6) is 0.290. The van der Waals surface area contributed by atoms with Crippen LogP contribution in [-0.4, -0.2) is 59.4 Å². The second kappa shape index (κ2) is 7.67. The minimum absolute atomic E-state index is 0.0458. The molecule has 3 rings (SSSR count). The number of amides is 1. The minimum atomic E-state index is 0.0458. The fourth-order valence-electron chi connectivity index (χ4n) is 4.12. The number of carbonyl (C=O) groups excluding carboxylic acids is 2. The first-order valence-corrected chi connectivity index (χ1v) is 9.22. The highest BCUT2D eigenvalue weighted by Gasteiger charge is 2.40. The van der Waals surface area contributed by atoms with Crippen LogP contribution in [0.2, 0.25) is 0 Å². The predicted molar refractivity (Wildman–Crippen MR) is 96.3 cm³/mol. The molecule has 0 aliphatic carbocycles. The average Bonchev–Trinajstić information content (AvgIpc) is 2.61. The van der Waals surface area contributed by atoms with Gasteiger partial charge in [-0.15, -0.1) is 0 Å². The zero-order chi connectivity index (χ0) is 17.9. The number of β-amino-alcohol motifs (C(OH)–C–C–N with tert-alkyl or cyclic N) is 1. The molecular formula is C20H28N2O3. The van der Waals surface area contributed by atoms with E-state index in [-0.39, 0.29) is 23.7 Å². The maximum absolute atomic E-state index is 12.0. The number of hydrogen-bond acceptors (Lipinski definition) is 4. The summed E-state index contributed by atoms with van der Waals surface area (Å²) in [6, 6.07) is 7.90. The number of Topliss-reactive ketones (excluding diaryl/α,β-unsaturated/α-hetero) is 1. The van der Waals surface area contributed by atoms with Crippen LogP contribution in [0.3, 0.4) is 0 Å². The Kier molecular flexibility index (Phi) is 5.54. The molecule has 0 bridgehead atoms. The van der Waals surface area contributed by atoms with Crippen molar-refractivity contribution in [3.05, 3.63) is 35.4 Å². The van der Waals surface area contributed by atoms with Crippen molar-refractivity contribution >= 4 is 11.7 Å². The smallest absolute Gasteiger partial charge is 0.222 e. The van der Waals surface area contributed by atoms with E-state index in [1.165, 1.54) is 5.56 Å². The molecule has 25 heavy (non-hydrogen) atoms. The lowest BCUT2D eigenvalue weighted by atomic mass is 9.72. The molecular weight excluding hydrogens is 316 g/mol. The first-order chi connectivity index (χ1) is 12.0. The Morgan fingerprint density at radius 2 is 1.84 bits per heavy atom. The summed E-state index contributed by atoms with van der Waals surface area (Å²) in [6.07, 6.45) is 3.81. The number of aliphatic hydroxyl groups is 1. The van der Waals surface area contributed by atoms with Crippen LogP contribution in [0.15, 0.2) is 24.3 Å². The van der Waals surface area contributed by atoms with Gasteiger partial charge in [0, 0.05) is 31.6 Å². The van der Waals surface area contributed by atoms with E-state index in [0.717, 1.165) is 51.0 Å². The molecule has 1 amide bonds. The van der Waals surface area contributed by atoms with Gasteiger partial charge in [-0.3, -0.25) is 14.5 Å². The van der Waals surface area contributed by atoms with Crippen LogP contribution < -0.4 is 0 Å². The van der Waals surface area contributed by atoms with Gasteiger partial charge in [-0.1, -0.05) is 24.3 Å². The molecule has 2 fully saturated rings. The molecule has 0 atom stereocenters. The largest absolute Gasteiger partial charge is 0.395 e. The Morgan fingerprint density at radius 3 is 2.44 bits per heavy atom. The number of benzene rings is 1. The van der Waals surface area contributed by atoms with E-state index in [9.17, 15) is 9.59 Å². The molecule has 1 spiro atoms. The predicted octanol–water partition coefficient (Wildman–Crippen LogP) is 2.09. The lowest BCUT2D eigenvalue weighted by Gasteiger charge is -2.47. The van der Waals surface area contributed by atoms with Crippen molar-refractivity contribution in [1.82, 2.24) is 9.80 Å². The van der Waals surface area contributed by atoms with E-state index >= 15 is 0 Å². The number of aliphatic hydroxyl groups excluding tert-OH is 1. The normalized spacial score (nSPS) is 20.9. The zero-order valence-corrected chi connectivity index (χ0v) is 15.0. The molecule has 0 unspecified atom stereocenters. The molecule has 2 aliphatic rings. The van der Waals surface area contributed by atoms with Gasteiger partial charge in [0.15, 0.2) is 5.78 Å². The van der Waals surface area contributed by atoms with Gasteiger partial charge in [0.05, 0.1) is 6.61 Å². The summed E-state index contributed by atoms with van der Waals surface area (Å²) >= 11 is 0. The van der Waals surface area contributed by atoms with Crippen molar-refractivity contribution in [3.8, 4) is 0 Å². The molecule has 2 aliphatic heterocycles. The lowest BCUT2D eigenvalue weighted by molar-refractivity contribution is -0.139. The standard InChI is InChI=1S/C20H28N2O3/c1-16(24)18-4-2-17(3-5-18)14-21-10-8-20(9-11-21)7-6-19(25)22(15-20)12-13-23/h2-5,23H,6-15H2,1H3. The highest BCUT2D eigenvalue weighted by molar-refractivity contribution is 5.94. The number of nitrogens with zero attached hydrogens (tertiary/aromatic N) is 2. The van der Waals surface area contributed by atoms with E-state index < -0.39 is 0 Å². The molecule has 1 N–H and O–H groups in total. The van der Waals surface area contributed by atoms with Crippen LogP contribution >= 0.6 is 0 Å². The fraction of sp³-hybridized carbons (Fsp3) is 0.600. The third kappa shape index (κ3) is 4.28. The van der Waals surface area contributed by atoms with E-state index in [1.807, 2.05) is 29.2 Å². The molecule has 5 nitrogen and oxygen atoms in total. The van der Waals surface area contributed by atoms with Gasteiger partial charge >= 0.3 is 0 Å². The van der Waals surface area contributed by atoms with Crippen LogP contribution in [0.25, 0.3) is 0 Å². The van der Waals surface area contributed by atoms with Gasteiger partial charge in [-0.2, -0.15) is 0 Å². The molecule has 1 aromatic carbocycles. The van der Waals surface area contributed by atoms with Gasteiger partial charge < -0.3 is 10.0 Å². The quantitative estimate of drug-likeness (QED) is 0.831. The number of ketones is 1. The van der Waals surface area contributed by atoms with Gasteiger partial charge in [-0.25, -0.2) is 0 Å². The number of carbonyl (C=O) groups is 2. The van der Waals surface area contributed by atoms with Crippen molar-refractivity contribution in [1.29, 1.82) is 0 Å². The van der Waals surface area contributed by atoms with Crippen molar-refractivity contribution in [2.75, 3.05) is 32.8 Å². The zero-order valence-electron chi connectivity index (χ0n) is 15.0. The summed E-state index contributed by atoms with van der Waals surface area (Å²) in [5.41, 5.74) is 2.23. The maximum atomic E-state index is 12.0. The Hall–Kier alpha value is -1.72. The molecule has 136 valence electrons. The maximum Gasteiger partial charge on any atom is 0.222 e. The number of rotatable bonds is 5. The highest BCUT2D eigenvalue weighted by atomic mass is 16.3. The summed E-state index contributed by atoms with van der Waals surface area (Å²) in [5, 5.41) is 9.16. The number of likely N-dealkylation sites (tertiary alicyclic amines) is 2. The molecule has 0 aromatic heterocycles. The average molecular weight is 344 g/mol. The first kappa shape index (κ1) is 18.1. The summed E-state index contributed by atoms with van der Waals surface area (Å²) < 4.78 is 0. The highest BCUT2D eigenvalue weighted by Crippen LogP contribution is 2.40. The van der Waals surface area contributed by atoms with Crippen molar-refractivity contribution in [3.63, 3.8) is 0 Å². The third-order valence-electron chi connectivity index (χ3n) is 5.80. The van der Waals surface area contributed by atoms with Crippen LogP contribution in [0.5, 0.6) is 0 Å². The molecule has 0 radical (unpaired) electrons. The second-order valence-corrected chi connectivity index (χ2v) is 7.57. The van der Waals surface area contributed by atoms with Crippen LogP contribution in [0.1, 0.15) is 48.5 Å². The summed E-state index contributed by atoms with van der Waals surface area (Å²) in [7, 11) is 0. The van der Waals surface area contributed by atoms with Gasteiger partial charge in [0.25, 0.3) is 0 Å². The van der Waals surface area contributed by atoms with E-state index in [4.69, 9.17) is 5.11 Å². The van der Waals surface area contributed by atoms with Gasteiger partial charge in [0.2, 0.25) is 5.91 Å². The van der Waals surface area contributed by atoms with E-state index in [0.29, 0.717) is 13.0 Å². The summed E-state index contributed by atoms with van der Waals surface area (Å²) in [4.78, 5) is 27.6. The van der Waals surface area contributed by atoms with Crippen molar-refractivity contribution < 1.29 is 14.7 Å².